The summed E-state index contributed by atoms with van der Waals surface area (Å²) in [5.41, 5.74) is 2.12. The van der Waals surface area contributed by atoms with Crippen LogP contribution in [0.15, 0.2) is 72.8 Å². The molecule has 1 fully saturated rings. The van der Waals surface area contributed by atoms with Gasteiger partial charge < -0.3 is 29.6 Å². The Morgan fingerprint density at radius 1 is 0.796 bits per heavy atom. The van der Waals surface area contributed by atoms with Crippen molar-refractivity contribution in [3.8, 4) is 21.9 Å². The lowest BCUT2D eigenvalue weighted by molar-refractivity contribution is -0.158. The van der Waals surface area contributed by atoms with Gasteiger partial charge in [-0.1, -0.05) is 30.3 Å². The lowest BCUT2D eigenvalue weighted by Crippen LogP contribution is -2.48. The summed E-state index contributed by atoms with van der Waals surface area (Å²) < 4.78 is 24.0. The fourth-order valence-corrected chi connectivity index (χ4v) is 7.41. The maximum absolute atomic E-state index is 12.8. The number of thiophene rings is 1. The van der Waals surface area contributed by atoms with E-state index in [2.05, 4.69) is 76.2 Å². The number of likely N-dealkylation sites (tertiary alicyclic amines) is 1. The number of nitrogens with one attached hydrogen (secondary N) is 2. The fourth-order valence-electron chi connectivity index (χ4n) is 6.18. The highest BCUT2D eigenvalue weighted by Gasteiger charge is 2.30. The summed E-state index contributed by atoms with van der Waals surface area (Å²) in [4.78, 5) is 41.6. The second-order valence-corrected chi connectivity index (χ2v) is 16.7. The number of rotatable bonds is 16. The van der Waals surface area contributed by atoms with Crippen molar-refractivity contribution in [2.45, 2.75) is 90.9 Å². The van der Waals surface area contributed by atoms with E-state index in [1.54, 1.807) is 52.9 Å². The Morgan fingerprint density at radius 3 is 2.09 bits per heavy atom. The van der Waals surface area contributed by atoms with Crippen LogP contribution in [-0.2, 0) is 25.5 Å². The number of carbonyl (C=O) groups is 3. The molecule has 2 heterocycles. The second-order valence-electron chi connectivity index (χ2n) is 15.6. The van der Waals surface area contributed by atoms with E-state index >= 15 is 0 Å². The summed E-state index contributed by atoms with van der Waals surface area (Å²) in [5, 5.41) is 6.55. The zero-order valence-corrected chi connectivity index (χ0v) is 33.3. The number of esters is 1. The van der Waals surface area contributed by atoms with Crippen molar-refractivity contribution in [3.63, 3.8) is 0 Å². The third-order valence-corrected chi connectivity index (χ3v) is 9.94. The predicted octanol–water partition coefficient (Wildman–Crippen LogP) is 8.14. The molecule has 1 atom stereocenters. The van der Waals surface area contributed by atoms with E-state index in [9.17, 15) is 14.4 Å². The van der Waals surface area contributed by atoms with E-state index in [0.717, 1.165) is 30.0 Å². The van der Waals surface area contributed by atoms with E-state index in [4.69, 9.17) is 18.9 Å². The first kappa shape index (κ1) is 40.6. The monoisotopic (exact) mass is 757 g/mol. The van der Waals surface area contributed by atoms with Crippen molar-refractivity contribution in [1.29, 1.82) is 0 Å². The molecule has 11 heteroatoms. The Hall–Kier alpha value is -4.61. The lowest BCUT2D eigenvalue weighted by Gasteiger charge is -2.26. The Kier molecular flexibility index (Phi) is 14.0. The van der Waals surface area contributed by atoms with Gasteiger partial charge in [0.1, 0.15) is 35.3 Å². The summed E-state index contributed by atoms with van der Waals surface area (Å²) in [7, 11) is 0. The molecular weight excluding hydrogens is 703 g/mol. The van der Waals surface area contributed by atoms with Crippen LogP contribution in [0.2, 0.25) is 0 Å². The SMILES string of the molecule is CC(C)(C)OC(=O)N[C@@H](CC(=O)NCCCOc1ccc(-c2sc3ccccc3c2Cc2ccc(OCCN3CCCC3)cc2)cc1)C(=O)OC(C)(C)C. The molecule has 1 aliphatic rings. The van der Waals surface area contributed by atoms with Gasteiger partial charge in [-0.25, -0.2) is 9.59 Å². The Bertz CT molecular complexity index is 1840. The van der Waals surface area contributed by atoms with Crippen LogP contribution in [0.5, 0.6) is 11.5 Å². The molecule has 2 N–H and O–H groups in total. The largest absolute Gasteiger partial charge is 0.494 e. The molecule has 1 saturated heterocycles. The summed E-state index contributed by atoms with van der Waals surface area (Å²) in [6, 6.07) is 24.0. The molecule has 10 nitrogen and oxygen atoms in total. The molecule has 0 bridgehead atoms. The number of amides is 2. The number of fused-ring (bicyclic) bond motifs is 1. The quantitative estimate of drug-likeness (QED) is 0.0870. The van der Waals surface area contributed by atoms with Crippen molar-refractivity contribution in [3.05, 3.63) is 83.9 Å². The summed E-state index contributed by atoms with van der Waals surface area (Å²) in [6.07, 6.45) is 2.86. The van der Waals surface area contributed by atoms with Crippen LogP contribution in [-0.4, -0.2) is 79.5 Å². The molecule has 54 heavy (non-hydrogen) atoms. The Morgan fingerprint density at radius 2 is 1.43 bits per heavy atom. The number of carbonyl (C=O) groups excluding carboxylic acids is 3. The Labute approximate surface area is 323 Å². The first-order chi connectivity index (χ1) is 25.7. The zero-order chi connectivity index (χ0) is 38.7. The predicted molar refractivity (Wildman–Crippen MR) is 214 cm³/mol. The van der Waals surface area contributed by atoms with Gasteiger partial charge in [0.15, 0.2) is 0 Å². The molecule has 0 saturated carbocycles. The minimum absolute atomic E-state index is 0.283. The summed E-state index contributed by atoms with van der Waals surface area (Å²) >= 11 is 1.80. The van der Waals surface area contributed by atoms with Gasteiger partial charge in [0, 0.05) is 22.7 Å². The van der Waals surface area contributed by atoms with E-state index in [-0.39, 0.29) is 6.42 Å². The third-order valence-electron chi connectivity index (χ3n) is 8.68. The summed E-state index contributed by atoms with van der Waals surface area (Å²) in [5.74, 6) is 0.536. The number of hydrogen-bond acceptors (Lipinski definition) is 9. The molecule has 4 aromatic rings. The van der Waals surface area contributed by atoms with Gasteiger partial charge >= 0.3 is 12.1 Å². The Balaban J connectivity index is 1.12. The fraction of sp³-hybridized carbons (Fsp3) is 0.465. The van der Waals surface area contributed by atoms with Gasteiger partial charge in [0.25, 0.3) is 0 Å². The van der Waals surface area contributed by atoms with Crippen LogP contribution < -0.4 is 20.1 Å². The minimum atomic E-state index is -1.19. The van der Waals surface area contributed by atoms with Gasteiger partial charge in [-0.15, -0.1) is 11.3 Å². The average molecular weight is 758 g/mol. The number of benzene rings is 3. The van der Waals surface area contributed by atoms with E-state index in [1.165, 1.54) is 52.0 Å². The smallest absolute Gasteiger partial charge is 0.408 e. The highest BCUT2D eigenvalue weighted by Crippen LogP contribution is 2.40. The van der Waals surface area contributed by atoms with Crippen LogP contribution in [0, 0.1) is 0 Å². The molecule has 0 radical (unpaired) electrons. The van der Waals surface area contributed by atoms with Crippen molar-refractivity contribution in [1.82, 2.24) is 15.5 Å². The molecule has 0 aliphatic carbocycles. The van der Waals surface area contributed by atoms with Crippen molar-refractivity contribution in [2.24, 2.45) is 0 Å². The number of nitrogens with zero attached hydrogens (tertiary/aromatic N) is 1. The van der Waals surface area contributed by atoms with Crippen molar-refractivity contribution >= 4 is 39.4 Å². The second kappa shape index (κ2) is 18.6. The van der Waals surface area contributed by atoms with Crippen LogP contribution >= 0.6 is 11.3 Å². The molecule has 1 aliphatic heterocycles. The summed E-state index contributed by atoms with van der Waals surface area (Å²) in [6.45, 7) is 15.1. The van der Waals surface area contributed by atoms with Crippen LogP contribution in [0.25, 0.3) is 20.5 Å². The normalized spacial score (nSPS) is 14.0. The average Bonchev–Trinajstić information content (AvgIpc) is 3.76. The first-order valence-corrected chi connectivity index (χ1v) is 19.7. The maximum Gasteiger partial charge on any atom is 0.408 e. The standard InChI is InChI=1S/C43H55N3O7S/c1-42(2,3)52-40(48)36(45-41(49)53-43(4,5)6)29-38(47)44-22-11-26-50-33-20-16-31(17-21-33)39-35(34-12-7-8-13-37(34)54-39)28-30-14-18-32(19-15-30)51-27-25-46-23-9-10-24-46/h7-8,12-21,36H,9-11,22-29H2,1-6H3,(H,44,47)(H,45,49)/t36-/m0/s1. The third kappa shape index (κ3) is 12.8. The van der Waals surface area contributed by atoms with E-state index < -0.39 is 35.2 Å². The first-order valence-electron chi connectivity index (χ1n) is 18.9. The number of ether oxygens (including phenoxy) is 4. The van der Waals surface area contributed by atoms with Gasteiger partial charge in [0.2, 0.25) is 5.91 Å². The van der Waals surface area contributed by atoms with Gasteiger partial charge in [-0.05, 0) is 145 Å². The molecule has 3 aromatic carbocycles. The van der Waals surface area contributed by atoms with Crippen LogP contribution in [0.1, 0.15) is 78.4 Å². The molecule has 2 amide bonds. The number of hydrogen-bond donors (Lipinski definition) is 2. The molecule has 0 spiro atoms. The van der Waals surface area contributed by atoms with Crippen molar-refractivity contribution < 1.29 is 33.3 Å². The molecule has 290 valence electrons. The van der Waals surface area contributed by atoms with Gasteiger partial charge in [-0.3, -0.25) is 9.69 Å². The molecule has 0 unspecified atom stereocenters. The topological polar surface area (TPSA) is 115 Å². The van der Waals surface area contributed by atoms with Crippen LogP contribution in [0.3, 0.4) is 0 Å². The zero-order valence-electron chi connectivity index (χ0n) is 32.5. The molecule has 5 rings (SSSR count). The van der Waals surface area contributed by atoms with Crippen LogP contribution in [0.4, 0.5) is 4.79 Å². The van der Waals surface area contributed by atoms with E-state index in [1.807, 2.05) is 12.1 Å². The minimum Gasteiger partial charge on any atom is -0.494 e. The lowest BCUT2D eigenvalue weighted by atomic mass is 9.99. The highest BCUT2D eigenvalue weighted by molar-refractivity contribution is 7.22. The maximum atomic E-state index is 12.8. The molecular formula is C43H55N3O7S. The van der Waals surface area contributed by atoms with E-state index in [0.29, 0.717) is 26.2 Å². The number of alkyl carbamates (subject to hydrolysis) is 1. The van der Waals surface area contributed by atoms with Crippen molar-refractivity contribution in [2.75, 3.05) is 39.4 Å². The van der Waals surface area contributed by atoms with Gasteiger partial charge in [-0.2, -0.15) is 0 Å². The molecule has 1 aromatic heterocycles. The highest BCUT2D eigenvalue weighted by atomic mass is 32.1. The van der Waals surface area contributed by atoms with Gasteiger partial charge in [0.05, 0.1) is 13.0 Å².